The molecule has 0 bridgehead atoms. The van der Waals surface area contributed by atoms with Crippen molar-refractivity contribution in [3.8, 4) is 44.5 Å². The van der Waals surface area contributed by atoms with E-state index in [4.69, 9.17) is 0 Å². The summed E-state index contributed by atoms with van der Waals surface area (Å²) in [7, 11) is 0. The Kier molecular flexibility index (Phi) is 6.02. The quantitative estimate of drug-likeness (QED) is 0.172. The second kappa shape index (κ2) is 10.5. The first-order valence-electron chi connectivity index (χ1n) is 17.3. The van der Waals surface area contributed by atoms with Gasteiger partial charge in [0.2, 0.25) is 0 Å². The summed E-state index contributed by atoms with van der Waals surface area (Å²) in [6.07, 6.45) is 0. The Hall–Kier alpha value is -5.98. The minimum Gasteiger partial charge on any atom is -0.0622 e. The molecule has 0 nitrogen and oxygen atoms in total. The number of fused-ring (bicyclic) bond motifs is 7. The summed E-state index contributed by atoms with van der Waals surface area (Å²) in [5.41, 5.74) is 13.1. The van der Waals surface area contributed by atoms with Crippen LogP contribution >= 0.6 is 0 Å². The molecule has 0 aromatic heterocycles. The van der Waals surface area contributed by atoms with Gasteiger partial charge >= 0.3 is 0 Å². The van der Waals surface area contributed by atoms with E-state index < -0.39 is 0 Å². The Balaban J connectivity index is 1.25. The monoisotopic (exact) mass is 622 g/mol. The smallest absolute Gasteiger partial charge is 0.0159 e. The highest BCUT2D eigenvalue weighted by atomic mass is 14.4. The van der Waals surface area contributed by atoms with E-state index in [0.717, 1.165) is 0 Å². The van der Waals surface area contributed by atoms with Crippen molar-refractivity contribution in [2.75, 3.05) is 0 Å². The van der Waals surface area contributed by atoms with Gasteiger partial charge in [-0.2, -0.15) is 0 Å². The number of hydrogen-bond donors (Lipinski definition) is 0. The van der Waals surface area contributed by atoms with Gasteiger partial charge in [0.15, 0.2) is 0 Å². The lowest BCUT2D eigenvalue weighted by molar-refractivity contribution is 0.661. The average molecular weight is 623 g/mol. The topological polar surface area (TPSA) is 0 Å². The van der Waals surface area contributed by atoms with Crippen LogP contribution in [-0.2, 0) is 5.41 Å². The molecule has 1 aliphatic rings. The van der Waals surface area contributed by atoms with E-state index in [1.54, 1.807) is 0 Å². The summed E-state index contributed by atoms with van der Waals surface area (Å²) in [4.78, 5) is 0. The van der Waals surface area contributed by atoms with Crippen molar-refractivity contribution in [2.24, 2.45) is 0 Å². The highest BCUT2D eigenvalue weighted by Gasteiger charge is 2.36. The van der Waals surface area contributed by atoms with Gasteiger partial charge in [-0.3, -0.25) is 0 Å². The lowest BCUT2D eigenvalue weighted by atomic mass is 9.81. The van der Waals surface area contributed by atoms with Crippen LogP contribution in [0.5, 0.6) is 0 Å². The molecule has 0 heteroatoms. The highest BCUT2D eigenvalue weighted by Crippen LogP contribution is 2.52. The Morgan fingerprint density at radius 2 is 0.796 bits per heavy atom. The molecule has 0 fully saturated rings. The van der Waals surface area contributed by atoms with E-state index in [9.17, 15) is 0 Å². The molecule has 0 radical (unpaired) electrons. The zero-order valence-electron chi connectivity index (χ0n) is 27.7. The van der Waals surface area contributed by atoms with Crippen molar-refractivity contribution in [2.45, 2.75) is 19.3 Å². The van der Waals surface area contributed by atoms with Crippen LogP contribution in [0.15, 0.2) is 170 Å². The Labute approximate surface area is 286 Å². The Morgan fingerprint density at radius 3 is 1.45 bits per heavy atom. The first kappa shape index (κ1) is 28.1. The molecule has 1 aliphatic carbocycles. The largest absolute Gasteiger partial charge is 0.0622 e. The fraction of sp³-hybridized carbons (Fsp3) is 0.0612. The van der Waals surface area contributed by atoms with Gasteiger partial charge in [0, 0.05) is 5.41 Å². The van der Waals surface area contributed by atoms with Crippen molar-refractivity contribution in [3.05, 3.63) is 181 Å². The van der Waals surface area contributed by atoms with Crippen molar-refractivity contribution in [3.63, 3.8) is 0 Å². The molecular formula is C49H34. The standard InChI is InChI=1S/C49H34/c1-49(2)45-27-24-34(29-43(45)44-28-32-16-6-7-17-33(32)30-46(44)49)47-38-20-10-12-22-40(38)48(41-23-13-11-21-39(41)47)42-26-25-35(31-14-4-3-5-15-31)36-18-8-9-19-37(36)42/h3-30H,1-2H3. The molecule has 0 unspecified atom stereocenters. The molecule has 49 heavy (non-hydrogen) atoms. The lowest BCUT2D eigenvalue weighted by Crippen LogP contribution is -2.14. The van der Waals surface area contributed by atoms with E-state index in [0.29, 0.717) is 0 Å². The van der Waals surface area contributed by atoms with Crippen LogP contribution in [0.3, 0.4) is 0 Å². The van der Waals surface area contributed by atoms with Gasteiger partial charge in [-0.15, -0.1) is 0 Å². The second-order valence-electron chi connectivity index (χ2n) is 14.0. The fourth-order valence-electron chi connectivity index (χ4n) is 8.71. The molecule has 9 aromatic rings. The minimum absolute atomic E-state index is 0.0613. The van der Waals surface area contributed by atoms with Crippen molar-refractivity contribution in [1.29, 1.82) is 0 Å². The van der Waals surface area contributed by atoms with Crippen LogP contribution in [0, 0.1) is 0 Å². The summed E-state index contributed by atoms with van der Waals surface area (Å²) in [5, 5.41) is 10.3. The first-order valence-corrected chi connectivity index (χ1v) is 17.3. The summed E-state index contributed by atoms with van der Waals surface area (Å²) in [6.45, 7) is 4.75. The van der Waals surface area contributed by atoms with Gasteiger partial charge in [-0.25, -0.2) is 0 Å². The number of benzene rings is 9. The SMILES string of the molecule is CC1(C)c2ccc(-c3c4ccccc4c(-c4ccc(-c5ccccc5)c5ccccc45)c4ccccc34)cc2-c2cc3ccccc3cc21. The molecule has 0 heterocycles. The van der Waals surface area contributed by atoms with Crippen LogP contribution in [0.25, 0.3) is 87.6 Å². The van der Waals surface area contributed by atoms with E-state index in [1.165, 1.54) is 98.7 Å². The molecule has 0 saturated heterocycles. The van der Waals surface area contributed by atoms with Crippen LogP contribution in [0.1, 0.15) is 25.0 Å². The second-order valence-corrected chi connectivity index (χ2v) is 14.0. The third-order valence-corrected chi connectivity index (χ3v) is 11.0. The summed E-state index contributed by atoms with van der Waals surface area (Å²) in [5.74, 6) is 0. The van der Waals surface area contributed by atoms with Crippen molar-refractivity contribution < 1.29 is 0 Å². The third-order valence-electron chi connectivity index (χ3n) is 11.0. The molecule has 230 valence electrons. The van der Waals surface area contributed by atoms with Crippen LogP contribution in [-0.4, -0.2) is 0 Å². The number of rotatable bonds is 3. The number of hydrogen-bond acceptors (Lipinski definition) is 0. The van der Waals surface area contributed by atoms with Crippen LogP contribution in [0.4, 0.5) is 0 Å². The average Bonchev–Trinajstić information content (AvgIpc) is 3.37. The molecular weight excluding hydrogens is 589 g/mol. The van der Waals surface area contributed by atoms with E-state index in [1.807, 2.05) is 0 Å². The minimum atomic E-state index is -0.0613. The van der Waals surface area contributed by atoms with Gasteiger partial charge < -0.3 is 0 Å². The van der Waals surface area contributed by atoms with Gasteiger partial charge in [0.05, 0.1) is 0 Å². The van der Waals surface area contributed by atoms with E-state index >= 15 is 0 Å². The molecule has 0 aliphatic heterocycles. The van der Waals surface area contributed by atoms with Crippen molar-refractivity contribution in [1.82, 2.24) is 0 Å². The zero-order chi connectivity index (χ0) is 32.7. The Morgan fingerprint density at radius 1 is 0.306 bits per heavy atom. The Bertz CT molecular complexity index is 2720. The van der Waals surface area contributed by atoms with Gasteiger partial charge in [-0.1, -0.05) is 166 Å². The van der Waals surface area contributed by atoms with Gasteiger partial charge in [0.25, 0.3) is 0 Å². The van der Waals surface area contributed by atoms with Crippen LogP contribution < -0.4 is 0 Å². The fourth-order valence-corrected chi connectivity index (χ4v) is 8.71. The maximum atomic E-state index is 2.47. The molecule has 0 saturated carbocycles. The highest BCUT2D eigenvalue weighted by molar-refractivity contribution is 6.24. The van der Waals surface area contributed by atoms with Crippen LogP contribution in [0.2, 0.25) is 0 Å². The zero-order valence-corrected chi connectivity index (χ0v) is 27.7. The molecule has 9 aromatic carbocycles. The predicted octanol–water partition coefficient (Wildman–Crippen LogP) is 13.6. The normalized spacial score (nSPS) is 13.3. The summed E-state index contributed by atoms with van der Waals surface area (Å²) >= 11 is 0. The van der Waals surface area contributed by atoms with Crippen molar-refractivity contribution >= 4 is 43.1 Å². The summed E-state index contributed by atoms with van der Waals surface area (Å²) in [6, 6.07) is 63.1. The van der Waals surface area contributed by atoms with Gasteiger partial charge in [0.1, 0.15) is 0 Å². The molecule has 0 atom stereocenters. The first-order chi connectivity index (χ1) is 24.1. The van der Waals surface area contributed by atoms with E-state index in [2.05, 4.69) is 184 Å². The predicted molar refractivity (Wildman–Crippen MR) is 210 cm³/mol. The van der Waals surface area contributed by atoms with Gasteiger partial charge in [-0.05, 0) is 117 Å². The molecule has 10 rings (SSSR count). The maximum absolute atomic E-state index is 2.47. The molecule has 0 N–H and O–H groups in total. The molecule has 0 spiro atoms. The summed E-state index contributed by atoms with van der Waals surface area (Å²) < 4.78 is 0. The lowest BCUT2D eigenvalue weighted by Gasteiger charge is -2.22. The molecule has 0 amide bonds. The van der Waals surface area contributed by atoms with E-state index in [-0.39, 0.29) is 5.41 Å². The maximum Gasteiger partial charge on any atom is 0.0159 e. The third kappa shape index (κ3) is 4.11.